The van der Waals surface area contributed by atoms with E-state index < -0.39 is 6.04 Å². The van der Waals surface area contributed by atoms with Crippen LogP contribution in [0.25, 0.3) is 11.0 Å². The molecule has 0 aliphatic carbocycles. The molecule has 34 heavy (non-hydrogen) atoms. The van der Waals surface area contributed by atoms with E-state index in [9.17, 15) is 9.59 Å². The van der Waals surface area contributed by atoms with Crippen molar-refractivity contribution in [1.82, 2.24) is 4.90 Å². The highest BCUT2D eigenvalue weighted by Gasteiger charge is 2.42. The van der Waals surface area contributed by atoms with Gasteiger partial charge in [0, 0.05) is 6.54 Å². The molecule has 1 aliphatic rings. The molecule has 0 fully saturated rings. The summed E-state index contributed by atoms with van der Waals surface area (Å²) in [4.78, 5) is 28.8. The quantitative estimate of drug-likeness (QED) is 0.331. The highest BCUT2D eigenvalue weighted by molar-refractivity contribution is 6.42. The molecule has 0 bridgehead atoms. The molecule has 4 aromatic rings. The average molecular weight is 494 g/mol. The van der Waals surface area contributed by atoms with E-state index in [2.05, 4.69) is 0 Å². The van der Waals surface area contributed by atoms with Crippen molar-refractivity contribution in [2.45, 2.75) is 19.4 Å². The predicted octanol–water partition coefficient (Wildman–Crippen LogP) is 6.20. The summed E-state index contributed by atoms with van der Waals surface area (Å²) in [6.45, 7) is 2.30. The average Bonchev–Trinajstić information content (AvgIpc) is 3.12. The van der Waals surface area contributed by atoms with Gasteiger partial charge in [0.05, 0.1) is 34.1 Å². The number of halogens is 2. The smallest absolute Gasteiger partial charge is 0.290 e. The van der Waals surface area contributed by atoms with Gasteiger partial charge in [0.15, 0.2) is 5.43 Å². The second-order valence-corrected chi connectivity index (χ2v) is 9.16. The topological polar surface area (TPSA) is 59.8 Å². The van der Waals surface area contributed by atoms with Crippen LogP contribution in [0.15, 0.2) is 69.9 Å². The standard InChI is InChI=1S/C27H21Cl2NO4/c1-15-3-10-22-19(13-15)25(31)23-24(17-6-9-20(28)21(29)14-17)30(27(32)26(23)34-22)12-11-16-4-7-18(33-2)8-5-16/h3-10,13-14,24H,11-12H2,1-2H3/t24-/m1/s1. The fraction of sp³-hybridized carbons (Fsp3) is 0.185. The third-order valence-corrected chi connectivity index (χ3v) is 6.92. The fourth-order valence-electron chi connectivity index (χ4n) is 4.44. The van der Waals surface area contributed by atoms with Crippen LogP contribution in [0.3, 0.4) is 0 Å². The van der Waals surface area contributed by atoms with Crippen molar-refractivity contribution < 1.29 is 13.9 Å². The minimum Gasteiger partial charge on any atom is -0.497 e. The second kappa shape index (κ2) is 8.82. The minimum atomic E-state index is -0.628. The molecule has 0 saturated heterocycles. The van der Waals surface area contributed by atoms with Crippen LogP contribution in [-0.4, -0.2) is 24.5 Å². The van der Waals surface area contributed by atoms with Crippen molar-refractivity contribution in [1.29, 1.82) is 0 Å². The zero-order valence-corrected chi connectivity index (χ0v) is 20.1. The van der Waals surface area contributed by atoms with E-state index in [0.29, 0.717) is 45.1 Å². The summed E-state index contributed by atoms with van der Waals surface area (Å²) in [6, 6.07) is 17.6. The van der Waals surface area contributed by atoms with E-state index in [-0.39, 0.29) is 17.1 Å². The van der Waals surface area contributed by atoms with Gasteiger partial charge in [0.25, 0.3) is 5.91 Å². The molecule has 0 spiro atoms. The second-order valence-electron chi connectivity index (χ2n) is 8.35. The Kier molecular flexibility index (Phi) is 5.84. The number of ether oxygens (including phenoxy) is 1. The Morgan fingerprint density at radius 3 is 2.44 bits per heavy atom. The molecule has 172 valence electrons. The van der Waals surface area contributed by atoms with E-state index in [1.54, 1.807) is 42.3 Å². The lowest BCUT2D eigenvalue weighted by atomic mass is 9.98. The molecule has 2 heterocycles. The maximum atomic E-state index is 13.6. The van der Waals surface area contributed by atoms with Crippen LogP contribution in [0.4, 0.5) is 0 Å². The first kappa shape index (κ1) is 22.5. The van der Waals surface area contributed by atoms with Crippen molar-refractivity contribution in [2.75, 3.05) is 13.7 Å². The zero-order chi connectivity index (χ0) is 24.0. The molecule has 1 aliphatic heterocycles. The van der Waals surface area contributed by atoms with Crippen LogP contribution < -0.4 is 10.2 Å². The molecule has 5 nitrogen and oxygen atoms in total. The van der Waals surface area contributed by atoms with Crippen LogP contribution in [0, 0.1) is 6.92 Å². The van der Waals surface area contributed by atoms with Crippen LogP contribution in [0.5, 0.6) is 5.75 Å². The molecule has 0 N–H and O–H groups in total. The van der Waals surface area contributed by atoms with Gasteiger partial charge in [-0.25, -0.2) is 0 Å². The highest BCUT2D eigenvalue weighted by atomic mass is 35.5. The largest absolute Gasteiger partial charge is 0.497 e. The van der Waals surface area contributed by atoms with E-state index in [1.807, 2.05) is 37.3 Å². The van der Waals surface area contributed by atoms with Gasteiger partial charge in [-0.15, -0.1) is 0 Å². The Morgan fingerprint density at radius 2 is 1.74 bits per heavy atom. The lowest BCUT2D eigenvalue weighted by Gasteiger charge is -2.25. The third-order valence-electron chi connectivity index (χ3n) is 6.18. The van der Waals surface area contributed by atoms with Crippen LogP contribution in [-0.2, 0) is 6.42 Å². The summed E-state index contributed by atoms with van der Waals surface area (Å²) in [6.07, 6.45) is 0.592. The summed E-state index contributed by atoms with van der Waals surface area (Å²) in [5.74, 6) is 0.519. The molecule has 1 atom stereocenters. The normalized spacial score (nSPS) is 15.1. The molecule has 0 unspecified atom stereocenters. The van der Waals surface area contributed by atoms with Gasteiger partial charge < -0.3 is 14.1 Å². The van der Waals surface area contributed by atoms with Crippen molar-refractivity contribution in [3.8, 4) is 5.75 Å². The van der Waals surface area contributed by atoms with Gasteiger partial charge >= 0.3 is 0 Å². The first-order valence-corrected chi connectivity index (χ1v) is 11.6. The maximum Gasteiger partial charge on any atom is 0.290 e. The van der Waals surface area contributed by atoms with E-state index in [0.717, 1.165) is 16.9 Å². The van der Waals surface area contributed by atoms with Crippen LogP contribution in [0.2, 0.25) is 10.0 Å². The van der Waals surface area contributed by atoms with Crippen molar-refractivity contribution in [3.63, 3.8) is 0 Å². The lowest BCUT2D eigenvalue weighted by molar-refractivity contribution is 0.0730. The molecular formula is C27H21Cl2NO4. The number of fused-ring (bicyclic) bond motifs is 2. The van der Waals surface area contributed by atoms with Gasteiger partial charge in [-0.1, -0.05) is 53.0 Å². The van der Waals surface area contributed by atoms with Gasteiger partial charge in [-0.05, 0) is 60.9 Å². The van der Waals surface area contributed by atoms with E-state index in [1.165, 1.54) is 0 Å². The summed E-state index contributed by atoms with van der Waals surface area (Å²) in [5, 5.41) is 1.21. The van der Waals surface area contributed by atoms with Gasteiger partial charge in [0.2, 0.25) is 5.76 Å². The Hall–Kier alpha value is -3.28. The molecule has 0 saturated carbocycles. The predicted molar refractivity (Wildman–Crippen MR) is 133 cm³/mol. The Labute approximate surface area is 206 Å². The van der Waals surface area contributed by atoms with Crippen molar-refractivity contribution >= 4 is 40.1 Å². The number of hydrogen-bond acceptors (Lipinski definition) is 4. The Morgan fingerprint density at radius 1 is 0.971 bits per heavy atom. The molecule has 7 heteroatoms. The molecule has 3 aromatic carbocycles. The number of nitrogens with zero attached hydrogens (tertiary/aromatic N) is 1. The number of methoxy groups -OCH3 is 1. The van der Waals surface area contributed by atoms with E-state index >= 15 is 0 Å². The fourth-order valence-corrected chi connectivity index (χ4v) is 4.74. The monoisotopic (exact) mass is 493 g/mol. The number of aryl methyl sites for hydroxylation is 1. The Bertz CT molecular complexity index is 1480. The summed E-state index contributed by atoms with van der Waals surface area (Å²) in [5.41, 5.74) is 3.19. The maximum absolute atomic E-state index is 13.6. The highest BCUT2D eigenvalue weighted by Crippen LogP contribution is 2.40. The SMILES string of the molecule is COc1ccc(CCN2C(=O)c3oc4ccc(C)cc4c(=O)c3[C@H]2c2ccc(Cl)c(Cl)c2)cc1. The molecule has 1 aromatic heterocycles. The van der Waals surface area contributed by atoms with Gasteiger partial charge in [-0.2, -0.15) is 0 Å². The number of hydrogen-bond donors (Lipinski definition) is 0. The summed E-state index contributed by atoms with van der Waals surface area (Å²) < 4.78 is 11.2. The third kappa shape index (κ3) is 3.85. The van der Waals surface area contributed by atoms with Gasteiger partial charge in [-0.3, -0.25) is 9.59 Å². The zero-order valence-electron chi connectivity index (χ0n) is 18.6. The minimum absolute atomic E-state index is 0.0761. The molecule has 0 radical (unpaired) electrons. The van der Waals surface area contributed by atoms with E-state index in [4.69, 9.17) is 32.4 Å². The molecule has 1 amide bonds. The number of carbonyl (C=O) groups excluding carboxylic acids is 1. The van der Waals surface area contributed by atoms with Crippen LogP contribution in [0.1, 0.15) is 38.9 Å². The van der Waals surface area contributed by atoms with Crippen molar-refractivity contribution in [3.05, 3.63) is 109 Å². The molecular weight excluding hydrogens is 473 g/mol. The summed E-state index contributed by atoms with van der Waals surface area (Å²) in [7, 11) is 1.62. The Balaban J connectivity index is 1.62. The van der Waals surface area contributed by atoms with Crippen molar-refractivity contribution in [2.24, 2.45) is 0 Å². The first-order chi connectivity index (χ1) is 16.4. The lowest BCUT2D eigenvalue weighted by Crippen LogP contribution is -2.31. The van der Waals surface area contributed by atoms with Gasteiger partial charge in [0.1, 0.15) is 11.3 Å². The summed E-state index contributed by atoms with van der Waals surface area (Å²) >= 11 is 12.5. The number of carbonyl (C=O) groups is 1. The first-order valence-electron chi connectivity index (χ1n) is 10.8. The molecule has 5 rings (SSSR count). The number of rotatable bonds is 5. The number of benzene rings is 3. The van der Waals surface area contributed by atoms with Crippen LogP contribution >= 0.6 is 23.2 Å². The number of amides is 1.